The zero-order chi connectivity index (χ0) is 12.3. The molecule has 0 unspecified atom stereocenters. The van der Waals surface area contributed by atoms with E-state index in [1.165, 1.54) is 5.56 Å². The summed E-state index contributed by atoms with van der Waals surface area (Å²) in [7, 11) is 1.69. The fourth-order valence-electron chi connectivity index (χ4n) is 1.88. The van der Waals surface area contributed by atoms with E-state index in [0.717, 1.165) is 23.2 Å². The van der Waals surface area contributed by atoms with Crippen LogP contribution in [0.3, 0.4) is 0 Å². The van der Waals surface area contributed by atoms with Crippen LogP contribution in [0.15, 0.2) is 29.0 Å². The van der Waals surface area contributed by atoms with Crippen molar-refractivity contribution in [2.75, 3.05) is 25.2 Å². The molecule has 1 heterocycles. The number of rotatable bonds is 4. The standard InChI is InChI=1S/C13H16N2OS/c1-16-4-2-11-12(9-3-5-17-8-9)6-10(14)7-13(11)15/h3,5-8H,2,4,14-15H2,1H3. The van der Waals surface area contributed by atoms with Crippen molar-refractivity contribution in [1.29, 1.82) is 0 Å². The van der Waals surface area contributed by atoms with Crippen molar-refractivity contribution in [3.8, 4) is 11.1 Å². The number of hydrogen-bond acceptors (Lipinski definition) is 4. The molecule has 0 radical (unpaired) electrons. The second-order valence-electron chi connectivity index (χ2n) is 3.89. The van der Waals surface area contributed by atoms with Crippen molar-refractivity contribution in [3.63, 3.8) is 0 Å². The SMILES string of the molecule is COCCc1c(N)cc(N)cc1-c1ccsc1. The molecule has 4 N–H and O–H groups in total. The monoisotopic (exact) mass is 248 g/mol. The Bertz CT molecular complexity index is 494. The number of nitrogens with two attached hydrogens (primary N) is 2. The molecule has 1 aromatic heterocycles. The summed E-state index contributed by atoms with van der Waals surface area (Å²) in [5.41, 5.74) is 16.7. The second kappa shape index (κ2) is 5.21. The van der Waals surface area contributed by atoms with E-state index in [0.29, 0.717) is 12.3 Å². The molecule has 0 fully saturated rings. The highest BCUT2D eigenvalue weighted by molar-refractivity contribution is 7.08. The quantitative estimate of drug-likeness (QED) is 0.818. The molecule has 0 amide bonds. The van der Waals surface area contributed by atoms with E-state index in [9.17, 15) is 0 Å². The number of anilines is 2. The fraction of sp³-hybridized carbons (Fsp3) is 0.231. The van der Waals surface area contributed by atoms with E-state index in [-0.39, 0.29) is 0 Å². The van der Waals surface area contributed by atoms with Gasteiger partial charge in [0.05, 0.1) is 6.61 Å². The van der Waals surface area contributed by atoms with Crippen molar-refractivity contribution in [2.45, 2.75) is 6.42 Å². The van der Waals surface area contributed by atoms with Crippen LogP contribution in [0.25, 0.3) is 11.1 Å². The number of hydrogen-bond donors (Lipinski definition) is 2. The summed E-state index contributed by atoms with van der Waals surface area (Å²) in [5, 5.41) is 4.15. The summed E-state index contributed by atoms with van der Waals surface area (Å²) in [4.78, 5) is 0. The van der Waals surface area contributed by atoms with E-state index < -0.39 is 0 Å². The van der Waals surface area contributed by atoms with E-state index in [1.54, 1.807) is 24.5 Å². The molecule has 0 spiro atoms. The van der Waals surface area contributed by atoms with E-state index >= 15 is 0 Å². The van der Waals surface area contributed by atoms with Gasteiger partial charge in [-0.2, -0.15) is 11.3 Å². The molecule has 0 aliphatic carbocycles. The van der Waals surface area contributed by atoms with Crippen LogP contribution < -0.4 is 11.5 Å². The van der Waals surface area contributed by atoms with Crippen molar-refractivity contribution < 1.29 is 4.74 Å². The van der Waals surface area contributed by atoms with Crippen LogP contribution in [-0.2, 0) is 11.2 Å². The molecule has 0 atom stereocenters. The third-order valence-corrected chi connectivity index (χ3v) is 3.38. The van der Waals surface area contributed by atoms with Gasteiger partial charge in [0.25, 0.3) is 0 Å². The molecule has 2 rings (SSSR count). The van der Waals surface area contributed by atoms with Gasteiger partial charge in [0, 0.05) is 18.5 Å². The lowest BCUT2D eigenvalue weighted by Crippen LogP contribution is -2.03. The van der Waals surface area contributed by atoms with E-state index in [4.69, 9.17) is 16.2 Å². The highest BCUT2D eigenvalue weighted by Crippen LogP contribution is 2.32. The Balaban J connectivity index is 2.47. The molecule has 0 aliphatic rings. The van der Waals surface area contributed by atoms with E-state index in [2.05, 4.69) is 16.8 Å². The molecule has 0 bridgehead atoms. The Morgan fingerprint density at radius 3 is 2.76 bits per heavy atom. The van der Waals surface area contributed by atoms with Crippen molar-refractivity contribution in [1.82, 2.24) is 0 Å². The molecular weight excluding hydrogens is 232 g/mol. The number of thiophene rings is 1. The maximum atomic E-state index is 6.04. The highest BCUT2D eigenvalue weighted by Gasteiger charge is 2.10. The van der Waals surface area contributed by atoms with Crippen molar-refractivity contribution in [3.05, 3.63) is 34.5 Å². The number of nitrogen functional groups attached to an aromatic ring is 2. The predicted molar refractivity (Wildman–Crippen MR) is 74.2 cm³/mol. The summed E-state index contributed by atoms with van der Waals surface area (Å²) >= 11 is 1.67. The summed E-state index contributed by atoms with van der Waals surface area (Å²) in [6.07, 6.45) is 0.799. The number of ether oxygens (including phenoxy) is 1. The van der Waals surface area contributed by atoms with Gasteiger partial charge in [0.1, 0.15) is 0 Å². The van der Waals surface area contributed by atoms with Gasteiger partial charge in [0.15, 0.2) is 0 Å². The van der Waals surface area contributed by atoms with Gasteiger partial charge >= 0.3 is 0 Å². The normalized spacial score (nSPS) is 10.6. The van der Waals surface area contributed by atoms with Gasteiger partial charge in [-0.1, -0.05) is 0 Å². The van der Waals surface area contributed by atoms with Crippen LogP contribution in [0.1, 0.15) is 5.56 Å². The Kier molecular flexibility index (Phi) is 3.66. The van der Waals surface area contributed by atoms with Gasteiger partial charge in [0.2, 0.25) is 0 Å². The Morgan fingerprint density at radius 2 is 2.12 bits per heavy atom. The first-order chi connectivity index (χ1) is 8.22. The highest BCUT2D eigenvalue weighted by atomic mass is 32.1. The molecule has 4 heteroatoms. The van der Waals surface area contributed by atoms with E-state index in [1.807, 2.05) is 6.07 Å². The lowest BCUT2D eigenvalue weighted by atomic mass is 9.97. The maximum absolute atomic E-state index is 6.04. The smallest absolute Gasteiger partial charge is 0.0503 e. The third-order valence-electron chi connectivity index (χ3n) is 2.70. The minimum atomic E-state index is 0.658. The maximum Gasteiger partial charge on any atom is 0.0503 e. The zero-order valence-corrected chi connectivity index (χ0v) is 10.6. The second-order valence-corrected chi connectivity index (χ2v) is 4.67. The summed E-state index contributed by atoms with van der Waals surface area (Å²) in [6, 6.07) is 5.86. The molecule has 0 saturated heterocycles. The molecule has 17 heavy (non-hydrogen) atoms. The Morgan fingerprint density at radius 1 is 1.29 bits per heavy atom. The van der Waals surface area contributed by atoms with Crippen LogP contribution >= 0.6 is 11.3 Å². The molecule has 0 aliphatic heterocycles. The largest absolute Gasteiger partial charge is 0.399 e. The third kappa shape index (κ3) is 2.60. The lowest BCUT2D eigenvalue weighted by molar-refractivity contribution is 0.202. The average molecular weight is 248 g/mol. The molecule has 1 aromatic carbocycles. The molecule has 2 aromatic rings. The van der Waals surface area contributed by atoms with Crippen LogP contribution in [0, 0.1) is 0 Å². The first kappa shape index (κ1) is 12.0. The van der Waals surface area contributed by atoms with Crippen LogP contribution in [-0.4, -0.2) is 13.7 Å². The number of benzene rings is 1. The average Bonchev–Trinajstić information content (AvgIpc) is 2.80. The minimum absolute atomic E-state index is 0.658. The van der Waals surface area contributed by atoms with Crippen molar-refractivity contribution in [2.24, 2.45) is 0 Å². The molecule has 3 nitrogen and oxygen atoms in total. The van der Waals surface area contributed by atoms with Crippen LogP contribution in [0.4, 0.5) is 11.4 Å². The Labute approximate surface area is 105 Å². The molecule has 90 valence electrons. The minimum Gasteiger partial charge on any atom is -0.399 e. The van der Waals surface area contributed by atoms with Crippen LogP contribution in [0.5, 0.6) is 0 Å². The Hall–Kier alpha value is -1.52. The fourth-order valence-corrected chi connectivity index (χ4v) is 2.53. The first-order valence-electron chi connectivity index (χ1n) is 5.41. The molecular formula is C13H16N2OS. The van der Waals surface area contributed by atoms with Crippen LogP contribution in [0.2, 0.25) is 0 Å². The zero-order valence-electron chi connectivity index (χ0n) is 9.77. The summed E-state index contributed by atoms with van der Waals surface area (Å²) in [6.45, 7) is 0.658. The van der Waals surface area contributed by atoms with Gasteiger partial charge in [-0.3, -0.25) is 0 Å². The summed E-state index contributed by atoms with van der Waals surface area (Å²) in [5.74, 6) is 0. The van der Waals surface area contributed by atoms with Gasteiger partial charge in [-0.15, -0.1) is 0 Å². The number of methoxy groups -OCH3 is 1. The first-order valence-corrected chi connectivity index (χ1v) is 6.36. The van der Waals surface area contributed by atoms with Gasteiger partial charge < -0.3 is 16.2 Å². The lowest BCUT2D eigenvalue weighted by Gasteiger charge is -2.12. The molecule has 0 saturated carbocycles. The van der Waals surface area contributed by atoms with Gasteiger partial charge in [-0.25, -0.2) is 0 Å². The summed E-state index contributed by atoms with van der Waals surface area (Å²) < 4.78 is 5.12. The predicted octanol–water partition coefficient (Wildman–Crippen LogP) is 2.77. The van der Waals surface area contributed by atoms with Crippen molar-refractivity contribution >= 4 is 22.7 Å². The topological polar surface area (TPSA) is 61.3 Å². The van der Waals surface area contributed by atoms with Gasteiger partial charge in [-0.05, 0) is 52.1 Å².